The number of aliphatic carboxylic acids is 1. The summed E-state index contributed by atoms with van der Waals surface area (Å²) in [7, 11) is 0. The van der Waals surface area contributed by atoms with E-state index < -0.39 is 18.1 Å². The molecule has 1 aliphatic rings. The molecule has 5 nitrogen and oxygen atoms in total. The van der Waals surface area contributed by atoms with Gasteiger partial charge in [0.15, 0.2) is 6.10 Å². The number of amides is 1. The van der Waals surface area contributed by atoms with Crippen LogP contribution in [0, 0.1) is 5.82 Å². The van der Waals surface area contributed by atoms with Crippen LogP contribution in [-0.4, -0.2) is 40.6 Å². The van der Waals surface area contributed by atoms with Crippen molar-refractivity contribution >= 4 is 11.9 Å². The van der Waals surface area contributed by atoms with Gasteiger partial charge in [-0.1, -0.05) is 0 Å². The third-order valence-electron chi connectivity index (χ3n) is 3.55. The van der Waals surface area contributed by atoms with Crippen LogP contribution in [0.3, 0.4) is 0 Å². The number of hydrogen-bond acceptors (Lipinski definition) is 3. The van der Waals surface area contributed by atoms with Crippen molar-refractivity contribution in [3.05, 3.63) is 30.1 Å². The van der Waals surface area contributed by atoms with Gasteiger partial charge in [-0.3, -0.25) is 4.79 Å². The van der Waals surface area contributed by atoms with E-state index in [1.807, 2.05) is 0 Å². The molecule has 2 rings (SSSR count). The Bertz CT molecular complexity index is 517. The average Bonchev–Trinajstić information content (AvgIpc) is 2.48. The van der Waals surface area contributed by atoms with Gasteiger partial charge in [-0.05, 0) is 50.5 Å². The second-order valence-corrected chi connectivity index (χ2v) is 5.10. The minimum Gasteiger partial charge on any atom is -0.481 e. The number of halogens is 1. The fourth-order valence-electron chi connectivity index (χ4n) is 2.45. The summed E-state index contributed by atoms with van der Waals surface area (Å²) in [5.74, 6) is -1.35. The van der Waals surface area contributed by atoms with Crippen LogP contribution in [0.4, 0.5) is 4.39 Å². The summed E-state index contributed by atoms with van der Waals surface area (Å²) < 4.78 is 18.3. The molecule has 1 aromatic carbocycles. The van der Waals surface area contributed by atoms with Crippen molar-refractivity contribution in [2.24, 2.45) is 0 Å². The second-order valence-electron chi connectivity index (χ2n) is 5.10. The predicted octanol–water partition coefficient (Wildman–Crippen LogP) is 2.06. The maximum Gasteiger partial charge on any atom is 0.326 e. The Balaban J connectivity index is 2.03. The van der Waals surface area contributed by atoms with E-state index in [-0.39, 0.29) is 11.7 Å². The summed E-state index contributed by atoms with van der Waals surface area (Å²) in [6, 6.07) is 4.57. The van der Waals surface area contributed by atoms with Crippen molar-refractivity contribution < 1.29 is 23.8 Å². The van der Waals surface area contributed by atoms with Crippen LogP contribution in [0.2, 0.25) is 0 Å². The van der Waals surface area contributed by atoms with Crippen molar-refractivity contribution in [2.75, 3.05) is 6.54 Å². The highest BCUT2D eigenvalue weighted by Gasteiger charge is 2.34. The molecule has 6 heteroatoms. The van der Waals surface area contributed by atoms with Crippen LogP contribution in [0.1, 0.15) is 26.2 Å². The van der Waals surface area contributed by atoms with Crippen LogP contribution < -0.4 is 4.74 Å². The summed E-state index contributed by atoms with van der Waals surface area (Å²) in [5.41, 5.74) is 0. The Labute approximate surface area is 122 Å². The predicted molar refractivity (Wildman–Crippen MR) is 73.5 cm³/mol. The number of likely N-dealkylation sites (tertiary alicyclic amines) is 1. The highest BCUT2D eigenvalue weighted by Crippen LogP contribution is 2.20. The summed E-state index contributed by atoms with van der Waals surface area (Å²) in [6.07, 6.45) is 1.24. The summed E-state index contributed by atoms with van der Waals surface area (Å²) in [4.78, 5) is 24.9. The Morgan fingerprint density at radius 2 is 2.00 bits per heavy atom. The molecule has 1 amide bonds. The number of carboxylic acids is 1. The fourth-order valence-corrected chi connectivity index (χ4v) is 2.45. The van der Waals surface area contributed by atoms with Crippen LogP contribution in [-0.2, 0) is 9.59 Å². The van der Waals surface area contributed by atoms with Gasteiger partial charge in [0.05, 0.1) is 0 Å². The Morgan fingerprint density at radius 1 is 1.33 bits per heavy atom. The smallest absolute Gasteiger partial charge is 0.326 e. The Hall–Kier alpha value is -2.11. The van der Waals surface area contributed by atoms with Crippen LogP contribution >= 0.6 is 0 Å². The lowest BCUT2D eigenvalue weighted by atomic mass is 10.0. The number of carbonyl (C=O) groups excluding carboxylic acids is 1. The highest BCUT2D eigenvalue weighted by molar-refractivity contribution is 5.86. The number of ether oxygens (including phenoxy) is 1. The van der Waals surface area contributed by atoms with E-state index in [4.69, 9.17) is 4.74 Å². The zero-order valence-electron chi connectivity index (χ0n) is 11.8. The second kappa shape index (κ2) is 6.56. The number of benzene rings is 1. The van der Waals surface area contributed by atoms with Crippen LogP contribution in [0.15, 0.2) is 24.3 Å². The zero-order chi connectivity index (χ0) is 15.4. The third kappa shape index (κ3) is 3.71. The monoisotopic (exact) mass is 295 g/mol. The molecule has 1 heterocycles. The number of rotatable bonds is 4. The van der Waals surface area contributed by atoms with Gasteiger partial charge in [-0.25, -0.2) is 9.18 Å². The largest absolute Gasteiger partial charge is 0.481 e. The molecular formula is C15H18FNO4. The van der Waals surface area contributed by atoms with Crippen molar-refractivity contribution in [2.45, 2.75) is 38.3 Å². The molecule has 1 N–H and O–H groups in total. The van der Waals surface area contributed by atoms with Gasteiger partial charge < -0.3 is 14.7 Å². The SMILES string of the molecule is CC(Oc1ccc(F)cc1)C(=O)N1CCCC[C@H]1C(=O)O. The molecule has 0 spiro atoms. The summed E-state index contributed by atoms with van der Waals surface area (Å²) in [6.45, 7) is 1.99. The molecule has 0 bridgehead atoms. The van der Waals surface area contributed by atoms with E-state index in [2.05, 4.69) is 0 Å². The first-order valence-corrected chi connectivity index (χ1v) is 6.94. The molecular weight excluding hydrogens is 277 g/mol. The first-order chi connectivity index (χ1) is 9.99. The van der Waals surface area contributed by atoms with Crippen molar-refractivity contribution in [1.82, 2.24) is 4.90 Å². The van der Waals surface area contributed by atoms with Crippen molar-refractivity contribution in [3.63, 3.8) is 0 Å². The topological polar surface area (TPSA) is 66.8 Å². The maximum absolute atomic E-state index is 12.8. The fraction of sp³-hybridized carbons (Fsp3) is 0.467. The molecule has 0 saturated carbocycles. The zero-order valence-corrected chi connectivity index (χ0v) is 11.8. The molecule has 1 aliphatic heterocycles. The lowest BCUT2D eigenvalue weighted by Crippen LogP contribution is -2.52. The minimum absolute atomic E-state index is 0.355. The third-order valence-corrected chi connectivity index (χ3v) is 3.55. The Morgan fingerprint density at radius 3 is 2.62 bits per heavy atom. The highest BCUT2D eigenvalue weighted by atomic mass is 19.1. The Kier molecular flexibility index (Phi) is 4.77. The lowest BCUT2D eigenvalue weighted by Gasteiger charge is -2.34. The van der Waals surface area contributed by atoms with Gasteiger partial charge in [0.2, 0.25) is 0 Å². The van der Waals surface area contributed by atoms with Gasteiger partial charge in [-0.2, -0.15) is 0 Å². The molecule has 0 aliphatic carbocycles. The maximum atomic E-state index is 12.8. The number of nitrogens with zero attached hydrogens (tertiary/aromatic N) is 1. The minimum atomic E-state index is -0.989. The van der Waals surface area contributed by atoms with E-state index in [0.29, 0.717) is 18.7 Å². The number of hydrogen-bond donors (Lipinski definition) is 1. The normalized spacial score (nSPS) is 19.9. The molecule has 0 radical (unpaired) electrons. The molecule has 0 aromatic heterocycles. The van der Waals surface area contributed by atoms with E-state index in [9.17, 15) is 19.1 Å². The lowest BCUT2D eigenvalue weighted by molar-refractivity contribution is -0.155. The average molecular weight is 295 g/mol. The first kappa shape index (κ1) is 15.3. The summed E-state index contributed by atoms with van der Waals surface area (Å²) in [5, 5.41) is 9.18. The van der Waals surface area contributed by atoms with Crippen molar-refractivity contribution in [3.8, 4) is 5.75 Å². The molecule has 1 aromatic rings. The van der Waals surface area contributed by atoms with Gasteiger partial charge in [0.1, 0.15) is 17.6 Å². The van der Waals surface area contributed by atoms with Crippen LogP contribution in [0.5, 0.6) is 5.75 Å². The number of carboxylic acid groups (broad SMARTS) is 1. The first-order valence-electron chi connectivity index (χ1n) is 6.94. The van der Waals surface area contributed by atoms with Gasteiger partial charge >= 0.3 is 5.97 Å². The molecule has 1 saturated heterocycles. The molecule has 2 atom stereocenters. The number of piperidine rings is 1. The van der Waals surface area contributed by atoms with Crippen molar-refractivity contribution in [1.29, 1.82) is 0 Å². The van der Waals surface area contributed by atoms with E-state index >= 15 is 0 Å². The van der Waals surface area contributed by atoms with Gasteiger partial charge in [0, 0.05) is 6.54 Å². The molecule has 114 valence electrons. The molecule has 1 unspecified atom stereocenters. The molecule has 1 fully saturated rings. The van der Waals surface area contributed by atoms with Crippen LogP contribution in [0.25, 0.3) is 0 Å². The standard InChI is InChI=1S/C15H18FNO4/c1-10(21-12-7-5-11(16)6-8-12)14(18)17-9-3-2-4-13(17)15(19)20/h5-8,10,13H,2-4,9H2,1H3,(H,19,20)/t10?,13-/m0/s1. The van der Waals surface area contributed by atoms with Gasteiger partial charge in [-0.15, -0.1) is 0 Å². The van der Waals surface area contributed by atoms with Gasteiger partial charge in [0.25, 0.3) is 5.91 Å². The quantitative estimate of drug-likeness (QED) is 0.923. The van der Waals surface area contributed by atoms with E-state index in [0.717, 1.165) is 12.8 Å². The molecule has 21 heavy (non-hydrogen) atoms. The number of carbonyl (C=O) groups is 2. The summed E-state index contributed by atoms with van der Waals surface area (Å²) >= 11 is 0. The van der Waals surface area contributed by atoms with E-state index in [1.165, 1.54) is 29.2 Å². The van der Waals surface area contributed by atoms with E-state index in [1.54, 1.807) is 6.92 Å².